The fourth-order valence-electron chi connectivity index (χ4n) is 3.13. The summed E-state index contributed by atoms with van der Waals surface area (Å²) in [5.74, 6) is -0.596. The molecule has 1 aromatic carbocycles. The molecule has 3 rings (SSSR count). The van der Waals surface area contributed by atoms with Crippen molar-refractivity contribution in [3.63, 3.8) is 0 Å². The molecule has 1 fully saturated rings. The molecule has 2 aliphatic rings. The lowest BCUT2D eigenvalue weighted by atomic mass is 10.1. The Morgan fingerprint density at radius 2 is 2.26 bits per heavy atom. The van der Waals surface area contributed by atoms with E-state index in [1.165, 1.54) is 17.9 Å². The number of rotatable bonds is 6. The van der Waals surface area contributed by atoms with Crippen molar-refractivity contribution in [2.45, 2.75) is 19.4 Å². The van der Waals surface area contributed by atoms with Crippen molar-refractivity contribution < 1.29 is 23.6 Å². The Morgan fingerprint density at radius 3 is 2.89 bits per heavy atom. The second kappa shape index (κ2) is 8.26. The van der Waals surface area contributed by atoms with E-state index < -0.39 is 18.0 Å². The van der Waals surface area contributed by atoms with Gasteiger partial charge in [-0.2, -0.15) is 0 Å². The molecule has 0 unspecified atom stereocenters. The molecule has 1 aromatic rings. The third-order valence-electron chi connectivity index (χ3n) is 4.48. The van der Waals surface area contributed by atoms with Crippen LogP contribution in [0.1, 0.15) is 13.3 Å². The van der Waals surface area contributed by atoms with Gasteiger partial charge >= 0.3 is 6.09 Å². The maximum absolute atomic E-state index is 14.7. The van der Waals surface area contributed by atoms with Crippen LogP contribution in [-0.2, 0) is 14.4 Å². The standard InChI is InChI=1S/C18H23FN4O4/c1-12(24)20-10-15-11-23(18(25)27-15)14-3-4-17(16(19)9-14)22-7-5-13(6-8-22)21-26-2/h3-5,9,15,21H,6-8,10-11H2,1-2H3,(H,20,24)/t15-/m0/s1. The Bertz CT molecular complexity index is 755. The number of nitrogens with zero attached hydrogens (tertiary/aromatic N) is 2. The lowest BCUT2D eigenvalue weighted by molar-refractivity contribution is -0.119. The number of amides is 2. The van der Waals surface area contributed by atoms with Gasteiger partial charge in [0, 0.05) is 32.1 Å². The number of hydroxylamine groups is 1. The van der Waals surface area contributed by atoms with Gasteiger partial charge in [0.25, 0.3) is 0 Å². The number of carbonyl (C=O) groups is 2. The molecule has 2 aliphatic heterocycles. The average Bonchev–Trinajstić information content (AvgIpc) is 3.02. The van der Waals surface area contributed by atoms with Crippen LogP contribution in [0.25, 0.3) is 0 Å². The van der Waals surface area contributed by atoms with Crippen molar-refractivity contribution in [3.8, 4) is 0 Å². The molecule has 27 heavy (non-hydrogen) atoms. The summed E-state index contributed by atoms with van der Waals surface area (Å²) in [5.41, 5.74) is 4.68. The Morgan fingerprint density at radius 1 is 1.44 bits per heavy atom. The summed E-state index contributed by atoms with van der Waals surface area (Å²) in [4.78, 5) is 31.2. The topological polar surface area (TPSA) is 83.1 Å². The van der Waals surface area contributed by atoms with E-state index in [0.717, 1.165) is 12.1 Å². The first-order valence-electron chi connectivity index (χ1n) is 8.73. The number of nitrogens with one attached hydrogen (secondary N) is 2. The number of anilines is 2. The fourth-order valence-corrected chi connectivity index (χ4v) is 3.13. The van der Waals surface area contributed by atoms with Gasteiger partial charge < -0.3 is 15.0 Å². The van der Waals surface area contributed by atoms with Gasteiger partial charge in [-0.3, -0.25) is 20.0 Å². The number of ether oxygens (including phenoxy) is 1. The van der Waals surface area contributed by atoms with E-state index >= 15 is 0 Å². The molecular weight excluding hydrogens is 355 g/mol. The van der Waals surface area contributed by atoms with Crippen LogP contribution in [0, 0.1) is 5.82 Å². The normalized spacial score (nSPS) is 19.6. The number of hydrogen-bond donors (Lipinski definition) is 2. The van der Waals surface area contributed by atoms with E-state index in [4.69, 9.17) is 9.57 Å². The van der Waals surface area contributed by atoms with Gasteiger partial charge in [0.15, 0.2) is 0 Å². The van der Waals surface area contributed by atoms with Crippen molar-refractivity contribution in [1.82, 2.24) is 10.8 Å². The molecule has 9 heteroatoms. The first-order chi connectivity index (χ1) is 13.0. The van der Waals surface area contributed by atoms with E-state index in [2.05, 4.69) is 10.8 Å². The number of benzene rings is 1. The number of halogens is 1. The summed E-state index contributed by atoms with van der Waals surface area (Å²) in [6, 6.07) is 4.71. The maximum atomic E-state index is 14.7. The SMILES string of the molecule is CONC1=CCN(c2ccc(N3C[C@H](CNC(C)=O)OC3=O)cc2F)CC1. The van der Waals surface area contributed by atoms with Crippen LogP contribution in [0.4, 0.5) is 20.6 Å². The number of hydrogen-bond acceptors (Lipinski definition) is 6. The summed E-state index contributed by atoms with van der Waals surface area (Å²) in [6.45, 7) is 3.11. The van der Waals surface area contributed by atoms with Gasteiger partial charge in [0.2, 0.25) is 5.91 Å². The molecule has 2 heterocycles. The van der Waals surface area contributed by atoms with Gasteiger partial charge in [-0.25, -0.2) is 9.18 Å². The average molecular weight is 378 g/mol. The third kappa shape index (κ3) is 4.48. The van der Waals surface area contributed by atoms with Gasteiger partial charge in [-0.15, -0.1) is 0 Å². The summed E-state index contributed by atoms with van der Waals surface area (Å²) >= 11 is 0. The highest BCUT2D eigenvalue weighted by molar-refractivity contribution is 5.90. The zero-order chi connectivity index (χ0) is 19.4. The summed E-state index contributed by atoms with van der Waals surface area (Å²) in [5, 5.41) is 2.61. The van der Waals surface area contributed by atoms with Crippen LogP contribution >= 0.6 is 0 Å². The molecule has 1 atom stereocenters. The van der Waals surface area contributed by atoms with Crippen LogP contribution in [0.3, 0.4) is 0 Å². The van der Waals surface area contributed by atoms with E-state index in [0.29, 0.717) is 24.5 Å². The Hall–Kier alpha value is -2.81. The van der Waals surface area contributed by atoms with Crippen molar-refractivity contribution >= 4 is 23.4 Å². The minimum atomic E-state index is -0.548. The molecule has 0 aromatic heterocycles. The first kappa shape index (κ1) is 19.0. The first-order valence-corrected chi connectivity index (χ1v) is 8.73. The largest absolute Gasteiger partial charge is 0.442 e. The van der Waals surface area contributed by atoms with Crippen molar-refractivity contribution in [1.29, 1.82) is 0 Å². The van der Waals surface area contributed by atoms with Crippen molar-refractivity contribution in [2.75, 3.05) is 43.1 Å². The molecule has 0 saturated carbocycles. The van der Waals surface area contributed by atoms with E-state index in [1.54, 1.807) is 19.2 Å². The molecule has 0 aliphatic carbocycles. The quantitative estimate of drug-likeness (QED) is 0.731. The predicted octanol–water partition coefficient (Wildman–Crippen LogP) is 1.53. The Balaban J connectivity index is 1.67. The molecule has 0 radical (unpaired) electrons. The van der Waals surface area contributed by atoms with Gasteiger partial charge in [-0.1, -0.05) is 0 Å². The van der Waals surface area contributed by atoms with Gasteiger partial charge in [-0.05, 0) is 24.3 Å². The van der Waals surface area contributed by atoms with Crippen molar-refractivity contribution in [3.05, 3.63) is 35.8 Å². The van der Waals surface area contributed by atoms with Gasteiger partial charge in [0.05, 0.1) is 31.6 Å². The minimum Gasteiger partial charge on any atom is -0.442 e. The zero-order valence-electron chi connectivity index (χ0n) is 15.3. The molecule has 0 bridgehead atoms. The van der Waals surface area contributed by atoms with Crippen LogP contribution in [-0.4, -0.2) is 51.4 Å². The molecule has 0 spiro atoms. The molecule has 8 nitrogen and oxygen atoms in total. The molecule has 2 amide bonds. The lowest BCUT2D eigenvalue weighted by Gasteiger charge is -2.29. The minimum absolute atomic E-state index is 0.195. The van der Waals surface area contributed by atoms with E-state index in [9.17, 15) is 14.0 Å². The highest BCUT2D eigenvalue weighted by Crippen LogP contribution is 2.29. The molecular formula is C18H23FN4O4. The lowest BCUT2D eigenvalue weighted by Crippen LogP contribution is -2.33. The second-order valence-corrected chi connectivity index (χ2v) is 6.42. The molecule has 1 saturated heterocycles. The Kier molecular flexibility index (Phi) is 5.80. The second-order valence-electron chi connectivity index (χ2n) is 6.42. The molecule has 146 valence electrons. The smallest absolute Gasteiger partial charge is 0.414 e. The Labute approximate surface area is 156 Å². The predicted molar refractivity (Wildman–Crippen MR) is 97.8 cm³/mol. The van der Waals surface area contributed by atoms with E-state index in [-0.39, 0.29) is 19.0 Å². The summed E-state index contributed by atoms with van der Waals surface area (Å²) in [7, 11) is 1.55. The van der Waals surface area contributed by atoms with E-state index in [1.807, 2.05) is 11.0 Å². The zero-order valence-corrected chi connectivity index (χ0v) is 15.3. The highest BCUT2D eigenvalue weighted by atomic mass is 19.1. The summed E-state index contributed by atoms with van der Waals surface area (Å²) < 4.78 is 19.9. The summed E-state index contributed by atoms with van der Waals surface area (Å²) in [6.07, 6.45) is 1.67. The van der Waals surface area contributed by atoms with Crippen LogP contribution < -0.4 is 20.6 Å². The fraction of sp³-hybridized carbons (Fsp3) is 0.444. The van der Waals surface area contributed by atoms with Crippen molar-refractivity contribution in [2.24, 2.45) is 0 Å². The van der Waals surface area contributed by atoms with Crippen LogP contribution in [0.15, 0.2) is 30.0 Å². The molecule has 2 N–H and O–H groups in total. The maximum Gasteiger partial charge on any atom is 0.414 e. The number of cyclic esters (lactones) is 1. The monoisotopic (exact) mass is 378 g/mol. The third-order valence-corrected chi connectivity index (χ3v) is 4.48. The van der Waals surface area contributed by atoms with Gasteiger partial charge in [0.1, 0.15) is 11.9 Å². The highest BCUT2D eigenvalue weighted by Gasteiger charge is 2.33. The van der Waals surface area contributed by atoms with Crippen LogP contribution in [0.2, 0.25) is 0 Å². The number of carbonyl (C=O) groups excluding carboxylic acids is 2. The van der Waals surface area contributed by atoms with Crippen LogP contribution in [0.5, 0.6) is 0 Å².